The third kappa shape index (κ3) is 9.97. The fraction of sp³-hybridized carbons (Fsp3) is 0.696. The van der Waals surface area contributed by atoms with E-state index in [0.717, 1.165) is 18.4 Å². The molecule has 0 heterocycles. The number of ketones is 1. The second kappa shape index (κ2) is 15.5. The zero-order valence-electron chi connectivity index (χ0n) is 16.4. The van der Waals surface area contributed by atoms with Crippen LogP contribution in [0.15, 0.2) is 30.3 Å². The van der Waals surface area contributed by atoms with E-state index >= 15 is 0 Å². The molecule has 1 nitrogen and oxygen atoms in total. The zero-order valence-corrected chi connectivity index (χ0v) is 17.9. The van der Waals surface area contributed by atoms with Gasteiger partial charge in [-0.3, -0.25) is 4.79 Å². The van der Waals surface area contributed by atoms with Crippen LogP contribution in [0.2, 0.25) is 0 Å². The van der Waals surface area contributed by atoms with Gasteiger partial charge in [-0.15, -0.1) is 23.2 Å². The van der Waals surface area contributed by atoms with Crippen molar-refractivity contribution in [2.24, 2.45) is 5.92 Å². The number of alkyl halides is 2. The number of rotatable bonds is 16. The molecule has 0 spiro atoms. The first kappa shape index (κ1) is 23.5. The van der Waals surface area contributed by atoms with Gasteiger partial charge < -0.3 is 0 Å². The summed E-state index contributed by atoms with van der Waals surface area (Å²) in [5.41, 5.74) is 1.01. The van der Waals surface area contributed by atoms with Crippen molar-refractivity contribution in [3.8, 4) is 0 Å². The maximum atomic E-state index is 12.2. The molecule has 26 heavy (non-hydrogen) atoms. The first-order chi connectivity index (χ1) is 12.7. The van der Waals surface area contributed by atoms with Gasteiger partial charge in [-0.1, -0.05) is 108 Å². The van der Waals surface area contributed by atoms with Gasteiger partial charge in [-0.25, -0.2) is 0 Å². The summed E-state index contributed by atoms with van der Waals surface area (Å²) in [6.07, 6.45) is 15.2. The van der Waals surface area contributed by atoms with E-state index in [1.807, 2.05) is 30.3 Å². The predicted octanol–water partition coefficient (Wildman–Crippen LogP) is 8.09. The third-order valence-electron chi connectivity index (χ3n) is 5.14. The van der Waals surface area contributed by atoms with E-state index in [-0.39, 0.29) is 23.0 Å². The molecule has 1 aromatic carbocycles. The van der Waals surface area contributed by atoms with Crippen LogP contribution in [0.3, 0.4) is 0 Å². The van der Waals surface area contributed by atoms with Crippen molar-refractivity contribution in [1.29, 1.82) is 0 Å². The molecule has 0 saturated heterocycles. The predicted molar refractivity (Wildman–Crippen MR) is 115 cm³/mol. The molecule has 0 aliphatic heterocycles. The van der Waals surface area contributed by atoms with Crippen molar-refractivity contribution in [1.82, 2.24) is 0 Å². The third-order valence-corrected chi connectivity index (χ3v) is 5.95. The van der Waals surface area contributed by atoms with E-state index in [1.54, 1.807) is 0 Å². The van der Waals surface area contributed by atoms with Gasteiger partial charge in [0.05, 0.1) is 11.3 Å². The minimum absolute atomic E-state index is 0.0543. The Morgan fingerprint density at radius 3 is 1.85 bits per heavy atom. The van der Waals surface area contributed by atoms with E-state index in [1.165, 1.54) is 64.2 Å². The first-order valence-electron chi connectivity index (χ1n) is 10.5. The maximum Gasteiger partial charge on any atom is 0.152 e. The molecule has 3 heteroatoms. The van der Waals surface area contributed by atoms with E-state index in [9.17, 15) is 4.79 Å². The highest BCUT2D eigenvalue weighted by Crippen LogP contribution is 2.33. The molecule has 0 fully saturated rings. The molecule has 1 aromatic rings. The Hall–Kier alpha value is -0.530. The largest absolute Gasteiger partial charge is 0.298 e. The Balaban J connectivity index is 2.20. The van der Waals surface area contributed by atoms with Crippen LogP contribution in [0.1, 0.15) is 94.9 Å². The fourth-order valence-electron chi connectivity index (χ4n) is 3.47. The van der Waals surface area contributed by atoms with Crippen LogP contribution in [0.25, 0.3) is 0 Å². The van der Waals surface area contributed by atoms with Crippen LogP contribution in [0.5, 0.6) is 0 Å². The summed E-state index contributed by atoms with van der Waals surface area (Å²) in [5.74, 6) is -0.0450. The number of halogens is 2. The Bertz CT molecular complexity index is 461. The highest BCUT2D eigenvalue weighted by Gasteiger charge is 2.26. The molecule has 0 aromatic heterocycles. The lowest BCUT2D eigenvalue weighted by Crippen LogP contribution is -2.20. The summed E-state index contributed by atoms with van der Waals surface area (Å²) < 4.78 is 0. The molecule has 0 radical (unpaired) electrons. The number of hydrogen-bond donors (Lipinski definition) is 0. The monoisotopic (exact) mass is 398 g/mol. The number of unbranched alkanes of at least 4 members (excludes halogenated alkanes) is 10. The fourth-order valence-corrected chi connectivity index (χ4v) is 4.08. The topological polar surface area (TPSA) is 17.1 Å². The van der Waals surface area contributed by atoms with E-state index < -0.39 is 0 Å². The smallest absolute Gasteiger partial charge is 0.152 e. The molecule has 0 bridgehead atoms. The van der Waals surface area contributed by atoms with Crippen molar-refractivity contribution in [2.75, 3.05) is 5.88 Å². The Morgan fingerprint density at radius 1 is 0.846 bits per heavy atom. The molecule has 2 atom stereocenters. The zero-order chi connectivity index (χ0) is 19.0. The summed E-state index contributed by atoms with van der Waals surface area (Å²) in [5, 5.41) is -0.273. The quantitative estimate of drug-likeness (QED) is 0.203. The molecular formula is C23H36Cl2O. The minimum Gasteiger partial charge on any atom is -0.298 e. The van der Waals surface area contributed by atoms with Crippen LogP contribution < -0.4 is 0 Å². The lowest BCUT2D eigenvalue weighted by molar-refractivity contribution is -0.120. The van der Waals surface area contributed by atoms with Crippen molar-refractivity contribution < 1.29 is 4.79 Å². The van der Waals surface area contributed by atoms with Gasteiger partial charge in [0, 0.05) is 5.92 Å². The summed E-state index contributed by atoms with van der Waals surface area (Å²) in [6.45, 7) is 2.26. The molecule has 0 N–H and O–H groups in total. The second-order valence-electron chi connectivity index (χ2n) is 7.34. The van der Waals surface area contributed by atoms with Crippen LogP contribution in [-0.4, -0.2) is 11.7 Å². The van der Waals surface area contributed by atoms with Crippen LogP contribution >= 0.6 is 23.2 Å². The molecule has 0 aliphatic carbocycles. The van der Waals surface area contributed by atoms with Crippen molar-refractivity contribution in [2.45, 2.75) is 89.4 Å². The van der Waals surface area contributed by atoms with Gasteiger partial charge in [-0.2, -0.15) is 0 Å². The number of Topliss-reactive ketones (excluding diaryl/α,β-unsaturated/α-hetero) is 1. The summed E-state index contributed by atoms with van der Waals surface area (Å²) in [7, 11) is 0. The number of carbonyl (C=O) groups is 1. The SMILES string of the molecule is CCCCCCCCCCCCCC(C(=O)CCl)C(Cl)c1ccccc1. The summed E-state index contributed by atoms with van der Waals surface area (Å²) in [6, 6.07) is 9.89. The molecule has 0 saturated carbocycles. The molecule has 0 aliphatic rings. The van der Waals surface area contributed by atoms with Crippen LogP contribution in [0, 0.1) is 5.92 Å². The summed E-state index contributed by atoms with van der Waals surface area (Å²) >= 11 is 12.4. The maximum absolute atomic E-state index is 12.2. The van der Waals surface area contributed by atoms with Gasteiger partial charge in [0.2, 0.25) is 0 Å². The molecule has 148 valence electrons. The lowest BCUT2D eigenvalue weighted by Gasteiger charge is -2.21. The Morgan fingerprint density at radius 2 is 1.35 bits per heavy atom. The average Bonchev–Trinajstić information content (AvgIpc) is 2.68. The van der Waals surface area contributed by atoms with Crippen LogP contribution in [0.4, 0.5) is 0 Å². The highest BCUT2D eigenvalue weighted by molar-refractivity contribution is 6.29. The van der Waals surface area contributed by atoms with Crippen molar-refractivity contribution >= 4 is 29.0 Å². The molecule has 1 rings (SSSR count). The van der Waals surface area contributed by atoms with E-state index in [2.05, 4.69) is 6.92 Å². The van der Waals surface area contributed by atoms with E-state index in [4.69, 9.17) is 23.2 Å². The average molecular weight is 399 g/mol. The lowest BCUT2D eigenvalue weighted by atomic mass is 9.90. The van der Waals surface area contributed by atoms with Gasteiger partial charge in [0.1, 0.15) is 0 Å². The van der Waals surface area contributed by atoms with Gasteiger partial charge >= 0.3 is 0 Å². The standard InChI is InChI=1S/C23H36Cl2O/c1-2-3-4-5-6-7-8-9-10-11-15-18-21(22(26)19-24)23(25)20-16-13-12-14-17-20/h12-14,16-17,21,23H,2-11,15,18-19H2,1H3. The van der Waals surface area contributed by atoms with Gasteiger partial charge in [-0.05, 0) is 12.0 Å². The Labute approximate surface area is 170 Å². The van der Waals surface area contributed by atoms with Crippen molar-refractivity contribution in [3.05, 3.63) is 35.9 Å². The minimum atomic E-state index is -0.273. The Kier molecular flexibility index (Phi) is 14.0. The van der Waals surface area contributed by atoms with Gasteiger partial charge in [0.25, 0.3) is 0 Å². The molecular weight excluding hydrogens is 363 g/mol. The molecule has 0 amide bonds. The first-order valence-corrected chi connectivity index (χ1v) is 11.5. The number of hydrogen-bond acceptors (Lipinski definition) is 1. The van der Waals surface area contributed by atoms with Crippen LogP contribution in [-0.2, 0) is 4.79 Å². The van der Waals surface area contributed by atoms with Crippen molar-refractivity contribution in [3.63, 3.8) is 0 Å². The number of benzene rings is 1. The van der Waals surface area contributed by atoms with E-state index in [0.29, 0.717) is 0 Å². The second-order valence-corrected chi connectivity index (χ2v) is 8.08. The van der Waals surface area contributed by atoms with Gasteiger partial charge in [0.15, 0.2) is 5.78 Å². The highest BCUT2D eigenvalue weighted by atomic mass is 35.5. The molecule has 2 unspecified atom stereocenters. The normalized spacial score (nSPS) is 13.5. The summed E-state index contributed by atoms with van der Waals surface area (Å²) in [4.78, 5) is 12.2. The number of carbonyl (C=O) groups excluding carboxylic acids is 1.